The van der Waals surface area contributed by atoms with Crippen LogP contribution in [0.2, 0.25) is 0 Å². The molecule has 1 aliphatic rings. The van der Waals surface area contributed by atoms with E-state index in [-0.39, 0.29) is 11.9 Å². The third-order valence-electron chi connectivity index (χ3n) is 5.26. The summed E-state index contributed by atoms with van der Waals surface area (Å²) >= 11 is 0. The zero-order valence-electron chi connectivity index (χ0n) is 17.8. The van der Waals surface area contributed by atoms with Crippen molar-refractivity contribution in [3.63, 3.8) is 0 Å². The molecule has 0 aromatic heterocycles. The second kappa shape index (κ2) is 8.03. The van der Waals surface area contributed by atoms with Crippen molar-refractivity contribution in [2.75, 3.05) is 28.9 Å². The Balaban J connectivity index is 1.86. The number of amidine groups is 1. The van der Waals surface area contributed by atoms with E-state index in [0.717, 1.165) is 22.6 Å². The fourth-order valence-electron chi connectivity index (χ4n) is 3.65. The van der Waals surface area contributed by atoms with Crippen molar-refractivity contribution in [2.24, 2.45) is 5.10 Å². The van der Waals surface area contributed by atoms with Crippen LogP contribution in [0.5, 0.6) is 0 Å². The van der Waals surface area contributed by atoms with Crippen LogP contribution in [0.3, 0.4) is 0 Å². The molecule has 0 aliphatic carbocycles. The lowest BCUT2D eigenvalue weighted by Gasteiger charge is -2.32. The van der Waals surface area contributed by atoms with Gasteiger partial charge >= 0.3 is 0 Å². The number of anilines is 3. The highest BCUT2D eigenvalue weighted by atomic mass is 16.1. The van der Waals surface area contributed by atoms with Gasteiger partial charge in [-0.3, -0.25) is 9.69 Å². The summed E-state index contributed by atoms with van der Waals surface area (Å²) in [6.07, 6.45) is -0.259. The standard InChI is InChI=1S/C25H26N4O/c1-18-10-14-22(15-11-18)28-24(19(2)30)26-29(23-8-6-5-7-9-23)25(28)20-12-16-21(17-13-20)27(3)4/h5-17,25H,1-4H3. The summed E-state index contributed by atoms with van der Waals surface area (Å²) in [5.41, 5.74) is 5.23. The lowest BCUT2D eigenvalue weighted by Crippen LogP contribution is -2.37. The zero-order valence-corrected chi connectivity index (χ0v) is 17.8. The van der Waals surface area contributed by atoms with Crippen molar-refractivity contribution >= 4 is 28.7 Å². The Morgan fingerprint density at radius 2 is 1.50 bits per heavy atom. The van der Waals surface area contributed by atoms with Gasteiger partial charge in [0.05, 0.1) is 5.69 Å². The molecule has 1 heterocycles. The average Bonchev–Trinajstić information content (AvgIpc) is 3.16. The minimum atomic E-state index is -0.259. The summed E-state index contributed by atoms with van der Waals surface area (Å²) in [5, 5.41) is 6.70. The quantitative estimate of drug-likeness (QED) is 0.607. The third kappa shape index (κ3) is 3.66. The molecule has 4 rings (SSSR count). The molecular weight excluding hydrogens is 372 g/mol. The number of ketones is 1. The van der Waals surface area contributed by atoms with Crippen molar-refractivity contribution in [3.05, 3.63) is 90.0 Å². The number of hydrogen-bond acceptors (Lipinski definition) is 5. The third-order valence-corrected chi connectivity index (χ3v) is 5.26. The molecule has 1 aliphatic heterocycles. The number of carbonyl (C=O) groups excluding carboxylic acids is 1. The molecule has 30 heavy (non-hydrogen) atoms. The molecule has 0 saturated heterocycles. The van der Waals surface area contributed by atoms with Gasteiger partial charge in [-0.2, -0.15) is 0 Å². The van der Waals surface area contributed by atoms with E-state index in [2.05, 4.69) is 48.2 Å². The number of rotatable bonds is 5. The van der Waals surface area contributed by atoms with Crippen molar-refractivity contribution in [1.82, 2.24) is 0 Å². The van der Waals surface area contributed by atoms with Crippen molar-refractivity contribution in [3.8, 4) is 0 Å². The second-order valence-corrected chi connectivity index (χ2v) is 7.73. The van der Waals surface area contributed by atoms with E-state index in [1.165, 1.54) is 5.56 Å². The van der Waals surface area contributed by atoms with Gasteiger partial charge in [0.25, 0.3) is 0 Å². The van der Waals surface area contributed by atoms with Crippen LogP contribution >= 0.6 is 0 Å². The molecule has 1 unspecified atom stereocenters. The topological polar surface area (TPSA) is 39.2 Å². The van der Waals surface area contributed by atoms with E-state index in [9.17, 15) is 4.79 Å². The molecule has 3 aromatic rings. The van der Waals surface area contributed by atoms with Gasteiger partial charge in [-0.1, -0.05) is 48.0 Å². The SMILES string of the molecule is CC(=O)C1=NN(c2ccccc2)C(c2ccc(N(C)C)cc2)N1c1ccc(C)cc1. The van der Waals surface area contributed by atoms with Crippen LogP contribution in [0.4, 0.5) is 17.1 Å². The summed E-state index contributed by atoms with van der Waals surface area (Å²) in [6.45, 7) is 3.63. The summed E-state index contributed by atoms with van der Waals surface area (Å²) in [4.78, 5) is 16.7. The first-order valence-corrected chi connectivity index (χ1v) is 10.0. The minimum Gasteiger partial charge on any atom is -0.378 e. The maximum absolute atomic E-state index is 12.6. The predicted octanol–water partition coefficient (Wildman–Crippen LogP) is 4.99. The molecule has 5 heteroatoms. The number of para-hydroxylation sites is 1. The van der Waals surface area contributed by atoms with E-state index in [1.54, 1.807) is 6.92 Å². The highest BCUT2D eigenvalue weighted by Crippen LogP contribution is 2.39. The zero-order chi connectivity index (χ0) is 21.3. The molecule has 0 saturated carbocycles. The normalized spacial score (nSPS) is 15.9. The number of hydrogen-bond donors (Lipinski definition) is 0. The molecule has 152 valence electrons. The van der Waals surface area contributed by atoms with E-state index in [4.69, 9.17) is 5.10 Å². The van der Waals surface area contributed by atoms with Gasteiger partial charge in [0, 0.05) is 32.4 Å². The van der Waals surface area contributed by atoms with Gasteiger partial charge in [0.2, 0.25) is 0 Å². The Labute approximate surface area is 177 Å². The number of carbonyl (C=O) groups is 1. The van der Waals surface area contributed by atoms with Crippen molar-refractivity contribution in [2.45, 2.75) is 20.0 Å². The van der Waals surface area contributed by atoms with Crippen LogP contribution in [0.1, 0.15) is 24.2 Å². The second-order valence-electron chi connectivity index (χ2n) is 7.73. The lowest BCUT2D eigenvalue weighted by atomic mass is 10.1. The minimum absolute atomic E-state index is 0.0658. The fourth-order valence-corrected chi connectivity index (χ4v) is 3.65. The maximum atomic E-state index is 12.6. The molecule has 0 N–H and O–H groups in total. The summed E-state index contributed by atoms with van der Waals surface area (Å²) in [7, 11) is 4.05. The highest BCUT2D eigenvalue weighted by molar-refractivity contribution is 6.44. The number of benzene rings is 3. The van der Waals surface area contributed by atoms with Crippen LogP contribution in [-0.2, 0) is 4.79 Å². The van der Waals surface area contributed by atoms with Gasteiger partial charge in [0.1, 0.15) is 0 Å². The molecular formula is C25H26N4O. The number of hydrazone groups is 1. The van der Waals surface area contributed by atoms with E-state index >= 15 is 0 Å². The van der Waals surface area contributed by atoms with Crippen LogP contribution in [0, 0.1) is 6.92 Å². The maximum Gasteiger partial charge on any atom is 0.198 e. The van der Waals surface area contributed by atoms with Crippen LogP contribution in [0.15, 0.2) is 84.0 Å². The molecule has 0 radical (unpaired) electrons. The van der Waals surface area contributed by atoms with Gasteiger partial charge in [0.15, 0.2) is 17.8 Å². The number of aryl methyl sites for hydroxylation is 1. The van der Waals surface area contributed by atoms with Crippen LogP contribution in [-0.4, -0.2) is 25.7 Å². The summed E-state index contributed by atoms with van der Waals surface area (Å²) in [6, 6.07) is 26.6. The fraction of sp³-hybridized carbons (Fsp3) is 0.200. The summed E-state index contributed by atoms with van der Waals surface area (Å²) in [5.74, 6) is 0.369. The monoisotopic (exact) mass is 398 g/mol. The molecule has 1 atom stereocenters. The molecule has 5 nitrogen and oxygen atoms in total. The molecule has 0 amide bonds. The predicted molar refractivity (Wildman–Crippen MR) is 124 cm³/mol. The Bertz CT molecular complexity index is 1060. The smallest absolute Gasteiger partial charge is 0.198 e. The van der Waals surface area contributed by atoms with E-state index < -0.39 is 0 Å². The van der Waals surface area contributed by atoms with Crippen molar-refractivity contribution < 1.29 is 4.79 Å². The molecule has 3 aromatic carbocycles. The Morgan fingerprint density at radius 3 is 2.07 bits per heavy atom. The first kappa shape index (κ1) is 19.7. The Morgan fingerprint density at radius 1 is 0.867 bits per heavy atom. The Hall–Kier alpha value is -3.60. The van der Waals surface area contributed by atoms with E-state index in [1.807, 2.05) is 66.5 Å². The van der Waals surface area contributed by atoms with E-state index in [0.29, 0.717) is 5.84 Å². The van der Waals surface area contributed by atoms with Crippen LogP contribution in [0.25, 0.3) is 0 Å². The average molecular weight is 399 g/mol. The van der Waals surface area contributed by atoms with Gasteiger partial charge in [-0.05, 0) is 48.9 Å². The highest BCUT2D eigenvalue weighted by Gasteiger charge is 2.39. The molecule has 0 fully saturated rings. The summed E-state index contributed by atoms with van der Waals surface area (Å²) < 4.78 is 0. The molecule has 0 bridgehead atoms. The first-order chi connectivity index (χ1) is 14.5. The number of Topliss-reactive ketones (excluding diaryl/α,β-unsaturated/α-hetero) is 1. The molecule has 0 spiro atoms. The van der Waals surface area contributed by atoms with Crippen molar-refractivity contribution in [1.29, 1.82) is 0 Å². The first-order valence-electron chi connectivity index (χ1n) is 10.0. The lowest BCUT2D eigenvalue weighted by molar-refractivity contribution is -0.111. The number of nitrogens with zero attached hydrogens (tertiary/aromatic N) is 4. The Kier molecular flexibility index (Phi) is 5.27. The van der Waals surface area contributed by atoms with Gasteiger partial charge < -0.3 is 4.90 Å². The van der Waals surface area contributed by atoms with Gasteiger partial charge in [-0.25, -0.2) is 5.01 Å². The van der Waals surface area contributed by atoms with Crippen LogP contribution < -0.4 is 14.8 Å². The van der Waals surface area contributed by atoms with Gasteiger partial charge in [-0.15, -0.1) is 5.10 Å². The largest absolute Gasteiger partial charge is 0.378 e.